The first-order valence-corrected chi connectivity index (χ1v) is 16.3. The van der Waals surface area contributed by atoms with Crippen LogP contribution >= 0.6 is 0 Å². The number of nitrogens with two attached hydrogens (primary N) is 3. The smallest absolute Gasteiger partial charge is 0.412 e. The first kappa shape index (κ1) is 36.2. The van der Waals surface area contributed by atoms with Crippen molar-refractivity contribution in [3.63, 3.8) is 0 Å². The number of hydrogen-bond donors (Lipinski definition) is 5. The summed E-state index contributed by atoms with van der Waals surface area (Å²) in [5.41, 5.74) is 18.8. The van der Waals surface area contributed by atoms with E-state index >= 15 is 0 Å². The van der Waals surface area contributed by atoms with Crippen molar-refractivity contribution in [2.45, 2.75) is 88.6 Å². The molecular formula is C35H55N7O3. The minimum Gasteiger partial charge on any atom is -0.414 e. The number of allylic oxidation sites excluding steroid dienone is 2. The molecule has 3 rings (SSSR count). The summed E-state index contributed by atoms with van der Waals surface area (Å²) in [5.74, 6) is 0.540. The Morgan fingerprint density at radius 3 is 2.20 bits per heavy atom. The number of alkyl carbamates (subject to hydrolysis) is 1. The molecule has 8 N–H and O–H groups in total. The lowest BCUT2D eigenvalue weighted by atomic mass is 9.68. The Morgan fingerprint density at radius 2 is 1.64 bits per heavy atom. The molecule has 2 amide bonds. The van der Waals surface area contributed by atoms with Gasteiger partial charge in [-0.2, -0.15) is 0 Å². The van der Waals surface area contributed by atoms with Gasteiger partial charge in [-0.05, 0) is 96.6 Å². The molecule has 248 valence electrons. The molecule has 2 aromatic rings. The van der Waals surface area contributed by atoms with Crippen molar-refractivity contribution in [3.05, 3.63) is 83.6 Å². The lowest BCUT2D eigenvalue weighted by Gasteiger charge is -2.40. The number of ether oxygens (including phenoxy) is 1. The van der Waals surface area contributed by atoms with Crippen molar-refractivity contribution in [1.82, 2.24) is 20.4 Å². The van der Waals surface area contributed by atoms with E-state index in [0.717, 1.165) is 30.4 Å². The van der Waals surface area contributed by atoms with Gasteiger partial charge in [0.25, 0.3) is 0 Å². The predicted octanol–water partition coefficient (Wildman–Crippen LogP) is 3.61. The van der Waals surface area contributed by atoms with E-state index < -0.39 is 23.8 Å². The molecule has 1 fully saturated rings. The van der Waals surface area contributed by atoms with Crippen LogP contribution < -0.4 is 27.8 Å². The Hall–Kier alpha value is -3.28. The largest absolute Gasteiger partial charge is 0.414 e. The third-order valence-electron chi connectivity index (χ3n) is 8.95. The number of nitrogens with one attached hydrogen (secondary N) is 2. The highest BCUT2D eigenvalue weighted by Crippen LogP contribution is 2.44. The molecule has 1 heterocycles. The fourth-order valence-corrected chi connectivity index (χ4v) is 6.25. The van der Waals surface area contributed by atoms with Gasteiger partial charge < -0.3 is 37.1 Å². The topological polar surface area (TPSA) is 152 Å². The molecule has 2 aromatic carbocycles. The van der Waals surface area contributed by atoms with E-state index in [1.54, 1.807) is 0 Å². The highest BCUT2D eigenvalue weighted by atomic mass is 16.6. The molecule has 0 aliphatic carbocycles. The summed E-state index contributed by atoms with van der Waals surface area (Å²) in [4.78, 5) is 30.7. The van der Waals surface area contributed by atoms with Crippen LogP contribution in [0.3, 0.4) is 0 Å². The third kappa shape index (κ3) is 10.1. The lowest BCUT2D eigenvalue weighted by Crippen LogP contribution is -2.51. The van der Waals surface area contributed by atoms with Crippen molar-refractivity contribution in [1.29, 1.82) is 0 Å². The zero-order chi connectivity index (χ0) is 32.8. The number of amides is 2. The second-order valence-corrected chi connectivity index (χ2v) is 12.3. The normalized spacial score (nSPS) is 17.3. The molecule has 45 heavy (non-hydrogen) atoms. The number of likely N-dealkylation sites (tertiary alicyclic amines) is 1. The van der Waals surface area contributed by atoms with Crippen LogP contribution in [0.15, 0.2) is 72.5 Å². The van der Waals surface area contributed by atoms with E-state index in [1.807, 2.05) is 54.3 Å². The van der Waals surface area contributed by atoms with Gasteiger partial charge in [0.2, 0.25) is 5.91 Å². The summed E-state index contributed by atoms with van der Waals surface area (Å²) in [7, 11) is 4.13. The van der Waals surface area contributed by atoms with Gasteiger partial charge >= 0.3 is 6.09 Å². The van der Waals surface area contributed by atoms with Crippen LogP contribution in [0.1, 0.15) is 69.9 Å². The molecule has 0 spiro atoms. The highest BCUT2D eigenvalue weighted by Gasteiger charge is 2.42. The van der Waals surface area contributed by atoms with Crippen molar-refractivity contribution in [3.8, 4) is 0 Å². The Bertz CT molecular complexity index is 1170. The minimum absolute atomic E-state index is 0.0167. The Labute approximate surface area is 269 Å². The van der Waals surface area contributed by atoms with E-state index in [0.29, 0.717) is 51.1 Å². The monoisotopic (exact) mass is 621 g/mol. The number of rotatable bonds is 16. The minimum atomic E-state index is -0.689. The number of piperidine rings is 1. The number of carbonyl (C=O) groups is 2. The maximum Gasteiger partial charge on any atom is 0.412 e. The molecule has 1 saturated heterocycles. The molecule has 1 aliphatic rings. The van der Waals surface area contributed by atoms with Crippen LogP contribution in [0.4, 0.5) is 4.79 Å². The second-order valence-electron chi connectivity index (χ2n) is 12.3. The average molecular weight is 622 g/mol. The second kappa shape index (κ2) is 18.0. The maximum atomic E-state index is 13.4. The van der Waals surface area contributed by atoms with Gasteiger partial charge in [0.15, 0.2) is 0 Å². The van der Waals surface area contributed by atoms with E-state index in [2.05, 4.69) is 60.8 Å². The van der Waals surface area contributed by atoms with Gasteiger partial charge in [-0.15, -0.1) is 0 Å². The first-order valence-electron chi connectivity index (χ1n) is 16.3. The maximum absolute atomic E-state index is 13.4. The van der Waals surface area contributed by atoms with Gasteiger partial charge in [0.1, 0.15) is 12.0 Å². The molecule has 0 saturated carbocycles. The van der Waals surface area contributed by atoms with Crippen molar-refractivity contribution in [2.24, 2.45) is 17.2 Å². The van der Waals surface area contributed by atoms with Gasteiger partial charge in [-0.1, -0.05) is 60.7 Å². The third-order valence-corrected chi connectivity index (χ3v) is 8.95. The van der Waals surface area contributed by atoms with Gasteiger partial charge in [-0.25, -0.2) is 4.79 Å². The molecule has 2 unspecified atom stereocenters. The van der Waals surface area contributed by atoms with E-state index in [1.165, 1.54) is 0 Å². The summed E-state index contributed by atoms with van der Waals surface area (Å²) in [5, 5.41) is 5.92. The molecule has 10 heteroatoms. The Kier molecular flexibility index (Phi) is 14.5. The van der Waals surface area contributed by atoms with Crippen LogP contribution in [0.25, 0.3) is 0 Å². The lowest BCUT2D eigenvalue weighted by molar-refractivity contribution is -0.136. The van der Waals surface area contributed by atoms with Crippen LogP contribution in [0.2, 0.25) is 0 Å². The summed E-state index contributed by atoms with van der Waals surface area (Å²) in [6.07, 6.45) is 6.27. The number of nitrogens with zero attached hydrogens (tertiary/aromatic N) is 2. The number of hydrogen-bond acceptors (Lipinski definition) is 8. The van der Waals surface area contributed by atoms with E-state index in [9.17, 15) is 9.59 Å². The zero-order valence-corrected chi connectivity index (χ0v) is 27.6. The predicted molar refractivity (Wildman–Crippen MR) is 181 cm³/mol. The fourth-order valence-electron chi connectivity index (χ4n) is 6.25. The van der Waals surface area contributed by atoms with Gasteiger partial charge in [-0.3, -0.25) is 10.1 Å². The average Bonchev–Trinajstić information content (AvgIpc) is 3.05. The number of carbonyl (C=O) groups excluding carboxylic acids is 2. The fraction of sp³-hybridized carbons (Fsp3) is 0.543. The summed E-state index contributed by atoms with van der Waals surface area (Å²) in [6, 6.07) is 20.1. The summed E-state index contributed by atoms with van der Waals surface area (Å²) < 4.78 is 6.20. The molecule has 0 aromatic heterocycles. The molecule has 0 radical (unpaired) electrons. The quantitative estimate of drug-likeness (QED) is 0.108. The molecule has 3 atom stereocenters. The standard InChI is InChI=1S/C35H55N7O3/c1-5-31(35(25-26(2)41(3)4,27-15-8-6-9-16-27)28-17-10-7-11-18-28)45-34(44)40-23-21-29-19-12-13-24-42(29)32(43)30(36)20-14-22-39-33(37)38/h5-11,15-18,26,29-30,33,39H,12-14,19-25,36-38H2,1-4H3,(H,40,44)/b31-5-/t26?,29?,30-/m0/s1. The zero-order valence-electron chi connectivity index (χ0n) is 27.6. The Balaban J connectivity index is 1.71. The first-order chi connectivity index (χ1) is 21.6. The van der Waals surface area contributed by atoms with Gasteiger partial charge in [0.05, 0.1) is 11.5 Å². The highest BCUT2D eigenvalue weighted by molar-refractivity contribution is 5.82. The van der Waals surface area contributed by atoms with Crippen LogP contribution in [0, 0.1) is 0 Å². The Morgan fingerprint density at radius 1 is 1.02 bits per heavy atom. The molecule has 0 bridgehead atoms. The van der Waals surface area contributed by atoms with Crippen LogP contribution in [-0.2, 0) is 14.9 Å². The van der Waals surface area contributed by atoms with Crippen LogP contribution in [-0.4, -0.2) is 79.9 Å². The summed E-state index contributed by atoms with van der Waals surface area (Å²) in [6.45, 7) is 5.77. The van der Waals surface area contributed by atoms with Gasteiger partial charge in [0, 0.05) is 25.2 Å². The van der Waals surface area contributed by atoms with Crippen molar-refractivity contribution in [2.75, 3.05) is 33.7 Å². The SMILES string of the molecule is C/C=C(\OC(=O)NCCC1CCCCN1C(=O)[C@@H](N)CCCNC(N)N)C(CC(C)N(C)C)(c1ccccc1)c1ccccc1. The van der Waals surface area contributed by atoms with Crippen molar-refractivity contribution < 1.29 is 14.3 Å². The van der Waals surface area contributed by atoms with Crippen LogP contribution in [0.5, 0.6) is 0 Å². The molecular weight excluding hydrogens is 566 g/mol. The summed E-state index contributed by atoms with van der Waals surface area (Å²) >= 11 is 0. The number of benzene rings is 2. The van der Waals surface area contributed by atoms with E-state index in [-0.39, 0.29) is 18.0 Å². The van der Waals surface area contributed by atoms with Crippen molar-refractivity contribution >= 4 is 12.0 Å². The molecule has 1 aliphatic heterocycles. The molecule has 10 nitrogen and oxygen atoms in total. The van der Waals surface area contributed by atoms with E-state index in [4.69, 9.17) is 21.9 Å².